The lowest BCUT2D eigenvalue weighted by Gasteiger charge is -2.36. The molecule has 1 aliphatic carbocycles. The summed E-state index contributed by atoms with van der Waals surface area (Å²) in [6.07, 6.45) is 6.09. The topological polar surface area (TPSA) is 44.8 Å². The van der Waals surface area contributed by atoms with Gasteiger partial charge in [-0.1, -0.05) is 18.2 Å². The lowest BCUT2D eigenvalue weighted by Crippen LogP contribution is -2.47. The van der Waals surface area contributed by atoms with E-state index in [4.69, 9.17) is 4.74 Å². The van der Waals surface area contributed by atoms with Crippen LogP contribution in [0.5, 0.6) is 5.75 Å². The van der Waals surface area contributed by atoms with Crippen molar-refractivity contribution in [3.05, 3.63) is 53.6 Å². The molecule has 5 heteroatoms. The Labute approximate surface area is 179 Å². The summed E-state index contributed by atoms with van der Waals surface area (Å²) in [7, 11) is 0. The molecule has 1 N–H and O–H groups in total. The number of anilines is 2. The summed E-state index contributed by atoms with van der Waals surface area (Å²) in [6, 6.07) is 14.9. The highest BCUT2D eigenvalue weighted by atomic mass is 16.5. The molecule has 1 saturated heterocycles. The van der Waals surface area contributed by atoms with Crippen molar-refractivity contribution >= 4 is 17.3 Å². The summed E-state index contributed by atoms with van der Waals surface area (Å²) in [5.74, 6) is 0.865. The molecule has 5 nitrogen and oxygen atoms in total. The van der Waals surface area contributed by atoms with Gasteiger partial charge in [0, 0.05) is 31.9 Å². The van der Waals surface area contributed by atoms with Gasteiger partial charge in [-0.25, -0.2) is 0 Å². The number of piperazine rings is 1. The Kier molecular flexibility index (Phi) is 5.63. The van der Waals surface area contributed by atoms with E-state index in [1.165, 1.54) is 29.7 Å². The number of fused-ring (bicyclic) bond motifs is 2. The molecule has 1 atom stereocenters. The van der Waals surface area contributed by atoms with Crippen LogP contribution in [0.4, 0.5) is 11.4 Å². The molecule has 3 aliphatic rings. The number of benzene rings is 2. The summed E-state index contributed by atoms with van der Waals surface area (Å²) >= 11 is 0. The number of hydrogen-bond acceptors (Lipinski definition) is 4. The summed E-state index contributed by atoms with van der Waals surface area (Å²) < 4.78 is 6.14. The van der Waals surface area contributed by atoms with Crippen LogP contribution in [0.25, 0.3) is 0 Å². The van der Waals surface area contributed by atoms with Gasteiger partial charge >= 0.3 is 0 Å². The van der Waals surface area contributed by atoms with E-state index in [1.807, 2.05) is 0 Å². The van der Waals surface area contributed by atoms with Crippen LogP contribution in [0.2, 0.25) is 0 Å². The molecule has 1 amide bonds. The molecule has 30 heavy (non-hydrogen) atoms. The minimum atomic E-state index is -0.371. The van der Waals surface area contributed by atoms with Gasteiger partial charge in [0.05, 0.1) is 5.69 Å². The molecular formula is C25H31N3O2. The summed E-state index contributed by atoms with van der Waals surface area (Å²) in [4.78, 5) is 17.5. The van der Waals surface area contributed by atoms with Gasteiger partial charge in [0.1, 0.15) is 5.75 Å². The molecule has 2 heterocycles. The van der Waals surface area contributed by atoms with E-state index < -0.39 is 0 Å². The van der Waals surface area contributed by atoms with E-state index in [-0.39, 0.29) is 12.0 Å². The average Bonchev–Trinajstić information content (AvgIpc) is 2.79. The first-order valence-electron chi connectivity index (χ1n) is 11.4. The predicted octanol–water partition coefficient (Wildman–Crippen LogP) is 3.87. The normalized spacial score (nSPS) is 21.4. The van der Waals surface area contributed by atoms with Crippen molar-refractivity contribution in [2.24, 2.45) is 0 Å². The molecule has 2 aliphatic heterocycles. The predicted molar refractivity (Wildman–Crippen MR) is 120 cm³/mol. The number of nitrogens with zero attached hydrogens (tertiary/aromatic N) is 2. The zero-order chi connectivity index (χ0) is 20.3. The molecule has 2 aromatic carbocycles. The molecule has 158 valence electrons. The molecule has 0 bridgehead atoms. The number of amides is 1. The zero-order valence-corrected chi connectivity index (χ0v) is 17.6. The number of aryl methyl sites for hydroxylation is 2. The number of nitrogens with one attached hydrogen (secondary N) is 1. The molecule has 0 aromatic heterocycles. The van der Waals surface area contributed by atoms with Crippen LogP contribution in [0.3, 0.4) is 0 Å². The van der Waals surface area contributed by atoms with Crippen LogP contribution >= 0.6 is 0 Å². The van der Waals surface area contributed by atoms with E-state index in [0.29, 0.717) is 0 Å². The SMILES string of the molecule is O=C1Nc2cc3c(cc2OC1CCCN1CCN(c2ccccc2)CC1)CCCC3. The Morgan fingerprint density at radius 3 is 2.47 bits per heavy atom. The third-order valence-corrected chi connectivity index (χ3v) is 6.70. The quantitative estimate of drug-likeness (QED) is 0.820. The van der Waals surface area contributed by atoms with Crippen LogP contribution in [0.1, 0.15) is 36.8 Å². The van der Waals surface area contributed by atoms with E-state index >= 15 is 0 Å². The second-order valence-corrected chi connectivity index (χ2v) is 8.73. The van der Waals surface area contributed by atoms with Gasteiger partial charge in [0.25, 0.3) is 5.91 Å². The maximum Gasteiger partial charge on any atom is 0.265 e. The van der Waals surface area contributed by atoms with Gasteiger partial charge < -0.3 is 15.0 Å². The molecule has 0 saturated carbocycles. The fourth-order valence-corrected chi connectivity index (χ4v) is 4.94. The van der Waals surface area contributed by atoms with E-state index in [0.717, 1.165) is 69.8 Å². The Bertz CT molecular complexity index is 891. The molecule has 0 radical (unpaired) electrons. The standard InChI is InChI=1S/C25H31N3O2/c29-25-23(30-24-18-20-8-5-4-7-19(20)17-22(24)26-25)11-6-12-27-13-15-28(16-14-27)21-9-2-1-3-10-21/h1-3,9-10,17-18,23H,4-8,11-16H2,(H,26,29). The molecule has 0 spiro atoms. The molecule has 5 rings (SSSR count). The van der Waals surface area contributed by atoms with Gasteiger partial charge in [0.15, 0.2) is 6.10 Å². The van der Waals surface area contributed by atoms with Crippen LogP contribution in [0, 0.1) is 0 Å². The second kappa shape index (κ2) is 8.68. The third kappa shape index (κ3) is 4.17. The van der Waals surface area contributed by atoms with E-state index in [2.05, 4.69) is 57.6 Å². The van der Waals surface area contributed by atoms with Crippen molar-refractivity contribution in [3.63, 3.8) is 0 Å². The van der Waals surface area contributed by atoms with E-state index in [1.54, 1.807) is 0 Å². The van der Waals surface area contributed by atoms with Gasteiger partial charge in [-0.05, 0) is 80.5 Å². The smallest absolute Gasteiger partial charge is 0.265 e. The first kappa shape index (κ1) is 19.4. The van der Waals surface area contributed by atoms with Crippen LogP contribution in [0.15, 0.2) is 42.5 Å². The summed E-state index contributed by atoms with van der Waals surface area (Å²) in [5, 5.41) is 3.09. The number of rotatable bonds is 5. The summed E-state index contributed by atoms with van der Waals surface area (Å²) in [5.41, 5.74) is 4.93. The highest BCUT2D eigenvalue weighted by molar-refractivity contribution is 5.97. The molecule has 2 aromatic rings. The van der Waals surface area contributed by atoms with Gasteiger partial charge in [-0.15, -0.1) is 0 Å². The van der Waals surface area contributed by atoms with Crippen LogP contribution in [-0.4, -0.2) is 49.6 Å². The Hall–Kier alpha value is -2.53. The number of carbonyl (C=O) groups is 1. The summed E-state index contributed by atoms with van der Waals surface area (Å²) in [6.45, 7) is 5.28. The Morgan fingerprint density at radius 2 is 1.70 bits per heavy atom. The number of carbonyl (C=O) groups excluding carboxylic acids is 1. The third-order valence-electron chi connectivity index (χ3n) is 6.70. The molecule has 1 unspecified atom stereocenters. The zero-order valence-electron chi connectivity index (χ0n) is 17.6. The van der Waals surface area contributed by atoms with Crippen molar-refractivity contribution in [3.8, 4) is 5.75 Å². The van der Waals surface area contributed by atoms with Crippen molar-refractivity contribution in [2.75, 3.05) is 42.9 Å². The lowest BCUT2D eigenvalue weighted by atomic mass is 9.90. The number of hydrogen-bond donors (Lipinski definition) is 1. The molecule has 1 fully saturated rings. The van der Waals surface area contributed by atoms with Crippen molar-refractivity contribution < 1.29 is 9.53 Å². The van der Waals surface area contributed by atoms with Gasteiger partial charge in [-0.2, -0.15) is 0 Å². The van der Waals surface area contributed by atoms with E-state index in [9.17, 15) is 4.79 Å². The average molecular weight is 406 g/mol. The minimum absolute atomic E-state index is 0.00663. The first-order valence-corrected chi connectivity index (χ1v) is 11.4. The van der Waals surface area contributed by atoms with Crippen molar-refractivity contribution in [1.82, 2.24) is 4.90 Å². The van der Waals surface area contributed by atoms with Crippen molar-refractivity contribution in [1.29, 1.82) is 0 Å². The second-order valence-electron chi connectivity index (χ2n) is 8.73. The first-order chi connectivity index (χ1) is 14.8. The fraction of sp³-hybridized carbons (Fsp3) is 0.480. The van der Waals surface area contributed by atoms with Gasteiger partial charge in [-0.3, -0.25) is 9.69 Å². The minimum Gasteiger partial charge on any atom is -0.478 e. The fourth-order valence-electron chi connectivity index (χ4n) is 4.94. The number of para-hydroxylation sites is 1. The largest absolute Gasteiger partial charge is 0.478 e. The highest BCUT2D eigenvalue weighted by Crippen LogP contribution is 2.36. The van der Waals surface area contributed by atoms with Gasteiger partial charge in [0.2, 0.25) is 0 Å². The maximum absolute atomic E-state index is 12.6. The van der Waals surface area contributed by atoms with Crippen LogP contribution in [-0.2, 0) is 17.6 Å². The lowest BCUT2D eigenvalue weighted by molar-refractivity contribution is -0.123. The Balaban J connectivity index is 1.11. The molecular weight excluding hydrogens is 374 g/mol. The highest BCUT2D eigenvalue weighted by Gasteiger charge is 2.29. The van der Waals surface area contributed by atoms with Crippen molar-refractivity contribution in [2.45, 2.75) is 44.6 Å². The monoisotopic (exact) mass is 405 g/mol. The maximum atomic E-state index is 12.6. The Morgan fingerprint density at radius 1 is 0.967 bits per heavy atom. The number of ether oxygens (including phenoxy) is 1. The van der Waals surface area contributed by atoms with Crippen LogP contribution < -0.4 is 15.0 Å².